The normalized spacial score (nSPS) is 11.9. The van der Waals surface area contributed by atoms with Crippen molar-refractivity contribution in [2.75, 3.05) is 19.7 Å². The number of nitrogens with one attached hydrogen (secondary N) is 1. The average molecular weight is 261 g/mol. The van der Waals surface area contributed by atoms with E-state index < -0.39 is 6.10 Å². The summed E-state index contributed by atoms with van der Waals surface area (Å²) in [6, 6.07) is 6.06. The van der Waals surface area contributed by atoms with Crippen LogP contribution < -0.4 is 10.1 Å². The van der Waals surface area contributed by atoms with Crippen LogP contribution in [0, 0.1) is 26.2 Å². The van der Waals surface area contributed by atoms with E-state index in [4.69, 9.17) is 11.2 Å². The maximum atomic E-state index is 9.80. The van der Waals surface area contributed by atoms with Gasteiger partial charge in [0.25, 0.3) is 0 Å². The molecule has 0 aliphatic carbocycles. The summed E-state index contributed by atoms with van der Waals surface area (Å²) in [6.45, 7) is 5.67. The minimum absolute atomic E-state index is 0.298. The van der Waals surface area contributed by atoms with E-state index in [1.165, 1.54) is 0 Å². The van der Waals surface area contributed by atoms with Crippen molar-refractivity contribution in [1.82, 2.24) is 5.32 Å². The van der Waals surface area contributed by atoms with E-state index in [-0.39, 0.29) is 0 Å². The van der Waals surface area contributed by atoms with Crippen molar-refractivity contribution in [2.24, 2.45) is 0 Å². The number of rotatable bonds is 8. The molecule has 0 aliphatic heterocycles. The van der Waals surface area contributed by atoms with Crippen LogP contribution in [0.3, 0.4) is 0 Å². The van der Waals surface area contributed by atoms with Gasteiger partial charge in [0.1, 0.15) is 18.5 Å². The fraction of sp³-hybridized carbons (Fsp3) is 0.500. The van der Waals surface area contributed by atoms with Crippen molar-refractivity contribution in [1.29, 1.82) is 0 Å². The number of hydrogen-bond acceptors (Lipinski definition) is 3. The molecule has 0 spiro atoms. The Morgan fingerprint density at radius 3 is 2.95 bits per heavy atom. The van der Waals surface area contributed by atoms with Crippen molar-refractivity contribution in [3.63, 3.8) is 0 Å². The molecule has 19 heavy (non-hydrogen) atoms. The molecule has 1 aromatic carbocycles. The van der Waals surface area contributed by atoms with Crippen molar-refractivity contribution in [3.8, 4) is 18.1 Å². The van der Waals surface area contributed by atoms with Gasteiger partial charge in [0.2, 0.25) is 0 Å². The molecule has 0 aliphatic rings. The van der Waals surface area contributed by atoms with Crippen LogP contribution in [0.1, 0.15) is 24.0 Å². The van der Waals surface area contributed by atoms with Crippen LogP contribution in [0.15, 0.2) is 18.2 Å². The highest BCUT2D eigenvalue weighted by Crippen LogP contribution is 2.19. The smallest absolute Gasteiger partial charge is 0.122 e. The fourth-order valence-electron chi connectivity index (χ4n) is 1.69. The lowest BCUT2D eigenvalue weighted by Gasteiger charge is -2.14. The Morgan fingerprint density at radius 1 is 1.42 bits per heavy atom. The van der Waals surface area contributed by atoms with Gasteiger partial charge in [0, 0.05) is 13.0 Å². The van der Waals surface area contributed by atoms with Crippen LogP contribution in [0.5, 0.6) is 5.75 Å². The second-order valence-corrected chi connectivity index (χ2v) is 4.75. The van der Waals surface area contributed by atoms with Gasteiger partial charge in [0.15, 0.2) is 0 Å². The van der Waals surface area contributed by atoms with Gasteiger partial charge in [-0.25, -0.2) is 0 Å². The number of aryl methyl sites for hydroxylation is 2. The standard InChI is InChI=1S/C16H23NO2/c1-4-5-6-9-17-11-15(18)12-19-16-10-13(2)7-8-14(16)3/h1,7-8,10,15,17-18H,5-6,9,11-12H2,2-3H3. The van der Waals surface area contributed by atoms with Gasteiger partial charge in [-0.2, -0.15) is 0 Å². The van der Waals surface area contributed by atoms with Crippen molar-refractivity contribution in [2.45, 2.75) is 32.8 Å². The summed E-state index contributed by atoms with van der Waals surface area (Å²) in [5, 5.41) is 13.0. The van der Waals surface area contributed by atoms with E-state index in [2.05, 4.69) is 11.2 Å². The SMILES string of the molecule is C#CCCCNCC(O)COc1cc(C)ccc1C. The van der Waals surface area contributed by atoms with Crippen molar-refractivity contribution < 1.29 is 9.84 Å². The van der Waals surface area contributed by atoms with Gasteiger partial charge < -0.3 is 15.2 Å². The van der Waals surface area contributed by atoms with Gasteiger partial charge in [-0.1, -0.05) is 12.1 Å². The van der Waals surface area contributed by atoms with Gasteiger partial charge in [-0.05, 0) is 44.0 Å². The number of aliphatic hydroxyl groups excluding tert-OH is 1. The third kappa shape index (κ3) is 6.28. The summed E-state index contributed by atoms with van der Waals surface area (Å²) in [5.74, 6) is 3.43. The summed E-state index contributed by atoms with van der Waals surface area (Å²) in [6.07, 6.45) is 6.35. The molecule has 0 radical (unpaired) electrons. The molecule has 1 atom stereocenters. The molecule has 0 fully saturated rings. The summed E-state index contributed by atoms with van der Waals surface area (Å²) < 4.78 is 5.64. The Labute approximate surface area is 116 Å². The van der Waals surface area contributed by atoms with Gasteiger partial charge in [-0.3, -0.25) is 0 Å². The molecule has 0 saturated heterocycles. The summed E-state index contributed by atoms with van der Waals surface area (Å²) in [4.78, 5) is 0. The van der Waals surface area contributed by atoms with E-state index in [9.17, 15) is 5.11 Å². The first kappa shape index (κ1) is 15.6. The number of unbranched alkanes of at least 4 members (excludes halogenated alkanes) is 1. The van der Waals surface area contributed by atoms with Crippen LogP contribution in [-0.2, 0) is 0 Å². The van der Waals surface area contributed by atoms with E-state index >= 15 is 0 Å². The maximum Gasteiger partial charge on any atom is 0.122 e. The molecule has 1 aromatic rings. The predicted octanol–water partition coefficient (Wildman–Crippen LogP) is 2.05. The number of aliphatic hydroxyl groups is 1. The highest BCUT2D eigenvalue weighted by molar-refractivity contribution is 5.35. The van der Waals surface area contributed by atoms with Gasteiger partial charge >= 0.3 is 0 Å². The molecule has 0 saturated carbocycles. The molecule has 1 rings (SSSR count). The van der Waals surface area contributed by atoms with Crippen LogP contribution in [-0.4, -0.2) is 30.9 Å². The van der Waals surface area contributed by atoms with Gasteiger partial charge in [-0.15, -0.1) is 12.3 Å². The molecule has 104 valence electrons. The Morgan fingerprint density at radius 2 is 2.21 bits per heavy atom. The third-order valence-corrected chi connectivity index (χ3v) is 2.83. The maximum absolute atomic E-state index is 9.80. The Hall–Kier alpha value is -1.50. The third-order valence-electron chi connectivity index (χ3n) is 2.83. The first-order valence-corrected chi connectivity index (χ1v) is 6.65. The highest BCUT2D eigenvalue weighted by atomic mass is 16.5. The highest BCUT2D eigenvalue weighted by Gasteiger charge is 2.06. The molecule has 0 amide bonds. The van der Waals surface area contributed by atoms with E-state index in [1.807, 2.05) is 32.0 Å². The number of hydrogen-bond donors (Lipinski definition) is 2. The van der Waals surface area contributed by atoms with Crippen molar-refractivity contribution in [3.05, 3.63) is 29.3 Å². The van der Waals surface area contributed by atoms with E-state index in [0.717, 1.165) is 36.3 Å². The average Bonchev–Trinajstić information content (AvgIpc) is 2.39. The summed E-state index contributed by atoms with van der Waals surface area (Å²) in [7, 11) is 0. The quantitative estimate of drug-likeness (QED) is 0.556. The molecule has 0 heterocycles. The first-order valence-electron chi connectivity index (χ1n) is 6.65. The Kier molecular flexibility index (Phi) is 7.02. The number of ether oxygens (including phenoxy) is 1. The lowest BCUT2D eigenvalue weighted by Crippen LogP contribution is -2.32. The van der Waals surface area contributed by atoms with E-state index in [1.54, 1.807) is 0 Å². The zero-order chi connectivity index (χ0) is 14.1. The van der Waals surface area contributed by atoms with Crippen LogP contribution in [0.2, 0.25) is 0 Å². The van der Waals surface area contributed by atoms with Crippen molar-refractivity contribution >= 4 is 0 Å². The van der Waals surface area contributed by atoms with Crippen LogP contribution >= 0.6 is 0 Å². The second kappa shape index (κ2) is 8.58. The molecular weight excluding hydrogens is 238 g/mol. The predicted molar refractivity (Wildman–Crippen MR) is 78.4 cm³/mol. The summed E-state index contributed by atoms with van der Waals surface area (Å²) >= 11 is 0. The molecule has 1 unspecified atom stereocenters. The number of benzene rings is 1. The molecular formula is C16H23NO2. The van der Waals surface area contributed by atoms with E-state index in [0.29, 0.717) is 13.2 Å². The zero-order valence-corrected chi connectivity index (χ0v) is 11.8. The van der Waals surface area contributed by atoms with Crippen LogP contribution in [0.25, 0.3) is 0 Å². The lowest BCUT2D eigenvalue weighted by molar-refractivity contribution is 0.106. The topological polar surface area (TPSA) is 41.5 Å². The zero-order valence-electron chi connectivity index (χ0n) is 11.8. The summed E-state index contributed by atoms with van der Waals surface area (Å²) in [5.41, 5.74) is 2.24. The fourth-order valence-corrected chi connectivity index (χ4v) is 1.69. The molecule has 0 aromatic heterocycles. The Balaban J connectivity index is 2.24. The number of terminal acetylenes is 1. The molecule has 3 heteroatoms. The molecule has 2 N–H and O–H groups in total. The lowest BCUT2D eigenvalue weighted by atomic mass is 10.1. The molecule has 0 bridgehead atoms. The largest absolute Gasteiger partial charge is 0.491 e. The molecule has 3 nitrogen and oxygen atoms in total. The minimum atomic E-state index is -0.509. The minimum Gasteiger partial charge on any atom is -0.491 e. The Bertz CT molecular complexity index is 423. The van der Waals surface area contributed by atoms with Gasteiger partial charge in [0.05, 0.1) is 0 Å². The van der Waals surface area contributed by atoms with Crippen LogP contribution in [0.4, 0.5) is 0 Å². The second-order valence-electron chi connectivity index (χ2n) is 4.75. The monoisotopic (exact) mass is 261 g/mol. The first-order chi connectivity index (χ1) is 9.13.